The van der Waals surface area contributed by atoms with Crippen LogP contribution in [0.2, 0.25) is 0 Å². The van der Waals surface area contributed by atoms with E-state index in [1.807, 2.05) is 25.7 Å². The molecule has 0 spiro atoms. The Kier molecular flexibility index (Phi) is 5.56. The van der Waals surface area contributed by atoms with Gasteiger partial charge in [-0.25, -0.2) is 4.79 Å². The van der Waals surface area contributed by atoms with Crippen molar-refractivity contribution in [3.8, 4) is 0 Å². The SMILES string of the molecule is CC(C)(C)OC(=O)N1CCC[C@@H]1C(=O)N1CCN(C2CCCC2)CC1. The Morgan fingerprint density at radius 3 is 2.12 bits per heavy atom. The maximum absolute atomic E-state index is 13.0. The van der Waals surface area contributed by atoms with Crippen molar-refractivity contribution in [2.75, 3.05) is 32.7 Å². The van der Waals surface area contributed by atoms with E-state index in [0.717, 1.165) is 45.1 Å². The number of carbonyl (C=O) groups excluding carboxylic acids is 2. The summed E-state index contributed by atoms with van der Waals surface area (Å²) in [5.41, 5.74) is -0.528. The number of likely N-dealkylation sites (tertiary alicyclic amines) is 1. The summed E-state index contributed by atoms with van der Waals surface area (Å²) in [5, 5.41) is 0. The first kappa shape index (κ1) is 18.5. The van der Waals surface area contributed by atoms with Gasteiger partial charge in [0, 0.05) is 38.8 Å². The molecule has 2 aliphatic heterocycles. The third-order valence-corrected chi connectivity index (χ3v) is 5.63. The van der Waals surface area contributed by atoms with Gasteiger partial charge in [0.05, 0.1) is 0 Å². The molecule has 0 aromatic rings. The number of hydrogen-bond donors (Lipinski definition) is 0. The highest BCUT2D eigenvalue weighted by molar-refractivity contribution is 5.86. The predicted molar refractivity (Wildman–Crippen MR) is 96.4 cm³/mol. The molecule has 2 heterocycles. The van der Waals surface area contributed by atoms with Gasteiger partial charge in [-0.05, 0) is 46.5 Å². The molecule has 0 unspecified atom stereocenters. The first-order chi connectivity index (χ1) is 11.8. The highest BCUT2D eigenvalue weighted by Gasteiger charge is 2.39. The Morgan fingerprint density at radius 2 is 1.52 bits per heavy atom. The molecule has 0 N–H and O–H groups in total. The minimum Gasteiger partial charge on any atom is -0.444 e. The van der Waals surface area contributed by atoms with E-state index in [0.29, 0.717) is 6.54 Å². The molecule has 3 rings (SSSR count). The van der Waals surface area contributed by atoms with Gasteiger partial charge in [0.1, 0.15) is 11.6 Å². The van der Waals surface area contributed by atoms with Gasteiger partial charge >= 0.3 is 6.09 Å². The zero-order chi connectivity index (χ0) is 18.0. The summed E-state index contributed by atoms with van der Waals surface area (Å²) in [6.07, 6.45) is 6.57. The summed E-state index contributed by atoms with van der Waals surface area (Å²) in [4.78, 5) is 31.5. The van der Waals surface area contributed by atoms with Gasteiger partial charge in [0.2, 0.25) is 5.91 Å². The van der Waals surface area contributed by atoms with Crippen molar-refractivity contribution in [1.82, 2.24) is 14.7 Å². The number of hydrogen-bond acceptors (Lipinski definition) is 4. The van der Waals surface area contributed by atoms with E-state index in [-0.39, 0.29) is 18.0 Å². The van der Waals surface area contributed by atoms with Crippen LogP contribution < -0.4 is 0 Å². The van der Waals surface area contributed by atoms with E-state index in [1.165, 1.54) is 25.7 Å². The van der Waals surface area contributed by atoms with Crippen LogP contribution in [-0.2, 0) is 9.53 Å². The van der Waals surface area contributed by atoms with Crippen LogP contribution in [0.4, 0.5) is 4.79 Å². The summed E-state index contributed by atoms with van der Waals surface area (Å²) >= 11 is 0. The average Bonchev–Trinajstić information content (AvgIpc) is 3.24. The molecule has 3 aliphatic rings. The third kappa shape index (κ3) is 4.46. The normalized spacial score (nSPS) is 26.3. The molecule has 2 amide bonds. The van der Waals surface area contributed by atoms with Gasteiger partial charge in [-0.15, -0.1) is 0 Å². The van der Waals surface area contributed by atoms with E-state index >= 15 is 0 Å². The summed E-state index contributed by atoms with van der Waals surface area (Å²) < 4.78 is 5.48. The Hall–Kier alpha value is -1.30. The summed E-state index contributed by atoms with van der Waals surface area (Å²) in [6.45, 7) is 9.71. The van der Waals surface area contributed by atoms with Crippen LogP contribution in [0.25, 0.3) is 0 Å². The Bertz CT molecular complexity index is 489. The fourth-order valence-electron chi connectivity index (χ4n) is 4.35. The predicted octanol–water partition coefficient (Wildman–Crippen LogP) is 2.47. The highest BCUT2D eigenvalue weighted by atomic mass is 16.6. The van der Waals surface area contributed by atoms with Crippen LogP contribution in [0.1, 0.15) is 59.3 Å². The lowest BCUT2D eigenvalue weighted by atomic mass is 10.1. The molecule has 6 nitrogen and oxygen atoms in total. The molecule has 0 radical (unpaired) electrons. The summed E-state index contributed by atoms with van der Waals surface area (Å²) in [6, 6.07) is 0.384. The van der Waals surface area contributed by atoms with E-state index in [4.69, 9.17) is 4.74 Å². The third-order valence-electron chi connectivity index (χ3n) is 5.63. The molecule has 25 heavy (non-hydrogen) atoms. The van der Waals surface area contributed by atoms with E-state index < -0.39 is 5.60 Å². The van der Waals surface area contributed by atoms with Crippen LogP contribution in [0.5, 0.6) is 0 Å². The number of nitrogens with zero attached hydrogens (tertiary/aromatic N) is 3. The van der Waals surface area contributed by atoms with Gasteiger partial charge in [0.15, 0.2) is 0 Å². The number of rotatable bonds is 2. The lowest BCUT2D eigenvalue weighted by Crippen LogP contribution is -2.56. The molecule has 3 fully saturated rings. The van der Waals surface area contributed by atoms with Gasteiger partial charge < -0.3 is 9.64 Å². The fourth-order valence-corrected chi connectivity index (χ4v) is 4.35. The Labute approximate surface area is 151 Å². The molecule has 1 atom stereocenters. The van der Waals surface area contributed by atoms with Crippen LogP contribution in [0.3, 0.4) is 0 Å². The molecule has 0 bridgehead atoms. The van der Waals surface area contributed by atoms with Gasteiger partial charge in [0.25, 0.3) is 0 Å². The van der Waals surface area contributed by atoms with Crippen LogP contribution >= 0.6 is 0 Å². The zero-order valence-corrected chi connectivity index (χ0v) is 16.0. The van der Waals surface area contributed by atoms with Crippen molar-refractivity contribution in [3.05, 3.63) is 0 Å². The first-order valence-electron chi connectivity index (χ1n) is 9.87. The number of ether oxygens (including phenoxy) is 1. The second-order valence-electron chi connectivity index (χ2n) is 8.63. The molecule has 0 aromatic heterocycles. The van der Waals surface area contributed by atoms with E-state index in [9.17, 15) is 9.59 Å². The van der Waals surface area contributed by atoms with Crippen molar-refractivity contribution in [1.29, 1.82) is 0 Å². The second-order valence-corrected chi connectivity index (χ2v) is 8.63. The van der Waals surface area contributed by atoms with E-state index in [1.54, 1.807) is 4.90 Å². The summed E-state index contributed by atoms with van der Waals surface area (Å²) in [5.74, 6) is 0.106. The zero-order valence-electron chi connectivity index (χ0n) is 16.0. The average molecular weight is 351 g/mol. The lowest BCUT2D eigenvalue weighted by Gasteiger charge is -2.39. The summed E-state index contributed by atoms with van der Waals surface area (Å²) in [7, 11) is 0. The molecular formula is C19H33N3O3. The smallest absolute Gasteiger partial charge is 0.410 e. The number of piperazine rings is 1. The molecule has 6 heteroatoms. The van der Waals surface area contributed by atoms with Crippen molar-refractivity contribution < 1.29 is 14.3 Å². The fraction of sp³-hybridized carbons (Fsp3) is 0.895. The molecule has 0 aromatic carbocycles. The van der Waals surface area contributed by atoms with Gasteiger partial charge in [-0.2, -0.15) is 0 Å². The lowest BCUT2D eigenvalue weighted by molar-refractivity contribution is -0.138. The molecule has 1 aliphatic carbocycles. The maximum atomic E-state index is 13.0. The topological polar surface area (TPSA) is 53.1 Å². The molecule has 2 saturated heterocycles. The minimum absolute atomic E-state index is 0.106. The minimum atomic E-state index is -0.528. The number of carbonyl (C=O) groups is 2. The maximum Gasteiger partial charge on any atom is 0.410 e. The van der Waals surface area contributed by atoms with Crippen molar-refractivity contribution in [2.24, 2.45) is 0 Å². The van der Waals surface area contributed by atoms with Crippen LogP contribution in [0, 0.1) is 0 Å². The molecule has 1 saturated carbocycles. The highest BCUT2D eigenvalue weighted by Crippen LogP contribution is 2.26. The number of amides is 2. The quantitative estimate of drug-likeness (QED) is 0.767. The van der Waals surface area contributed by atoms with Crippen molar-refractivity contribution in [2.45, 2.75) is 77.0 Å². The Balaban J connectivity index is 1.54. The second kappa shape index (κ2) is 7.52. The molecular weight excluding hydrogens is 318 g/mol. The molecule has 142 valence electrons. The first-order valence-corrected chi connectivity index (χ1v) is 9.87. The largest absolute Gasteiger partial charge is 0.444 e. The van der Waals surface area contributed by atoms with E-state index in [2.05, 4.69) is 4.90 Å². The van der Waals surface area contributed by atoms with Crippen LogP contribution in [-0.4, -0.2) is 77.1 Å². The Morgan fingerprint density at radius 1 is 0.880 bits per heavy atom. The van der Waals surface area contributed by atoms with Crippen molar-refractivity contribution in [3.63, 3.8) is 0 Å². The van der Waals surface area contributed by atoms with Gasteiger partial charge in [-0.3, -0.25) is 14.6 Å². The van der Waals surface area contributed by atoms with Crippen LogP contribution in [0.15, 0.2) is 0 Å². The van der Waals surface area contributed by atoms with Gasteiger partial charge in [-0.1, -0.05) is 12.8 Å². The standard InChI is InChI=1S/C19H33N3O3/c1-19(2,3)25-18(24)22-10-6-9-16(22)17(23)21-13-11-20(12-14-21)15-7-4-5-8-15/h15-16H,4-14H2,1-3H3/t16-/m1/s1. The van der Waals surface area contributed by atoms with Crippen molar-refractivity contribution >= 4 is 12.0 Å². The monoisotopic (exact) mass is 351 g/mol.